The summed E-state index contributed by atoms with van der Waals surface area (Å²) < 4.78 is 0. The van der Waals surface area contributed by atoms with E-state index in [2.05, 4.69) is 26.3 Å². The standard InChI is InChI=1S/C20H22Cl2N6O2/c1-27-7-5-14(6-8-27)28(30-2)20(29)26-17(9-23)16-4-3-15(18(21)19(16)22)13-10-24-12-25-11-13/h3-4,10-12,14,17H,5-8H2,1-2H3,(H,26,29). The zero-order valence-corrected chi connectivity index (χ0v) is 18.2. The van der Waals surface area contributed by atoms with E-state index in [0.29, 0.717) is 16.7 Å². The van der Waals surface area contributed by atoms with Crippen molar-refractivity contribution in [3.63, 3.8) is 0 Å². The Kier molecular flexibility index (Phi) is 7.45. The molecule has 10 heteroatoms. The Morgan fingerprint density at radius 3 is 2.57 bits per heavy atom. The maximum Gasteiger partial charge on any atom is 0.342 e. The molecule has 3 rings (SSSR count). The first kappa shape index (κ1) is 22.2. The van der Waals surface area contributed by atoms with Gasteiger partial charge in [-0.2, -0.15) is 5.26 Å². The van der Waals surface area contributed by atoms with Gasteiger partial charge in [0, 0.05) is 29.1 Å². The molecule has 30 heavy (non-hydrogen) atoms. The van der Waals surface area contributed by atoms with Crippen molar-refractivity contribution < 1.29 is 9.63 Å². The van der Waals surface area contributed by atoms with Crippen LogP contribution in [0.1, 0.15) is 24.4 Å². The van der Waals surface area contributed by atoms with Gasteiger partial charge in [0.2, 0.25) is 0 Å². The number of carbonyl (C=O) groups excluding carboxylic acids is 1. The normalized spacial score (nSPS) is 16.0. The van der Waals surface area contributed by atoms with E-state index in [1.807, 2.05) is 7.05 Å². The maximum absolute atomic E-state index is 12.8. The van der Waals surface area contributed by atoms with Crippen molar-refractivity contribution in [2.45, 2.75) is 24.9 Å². The van der Waals surface area contributed by atoms with E-state index in [9.17, 15) is 10.1 Å². The Labute approximate surface area is 185 Å². The van der Waals surface area contributed by atoms with E-state index in [1.54, 1.807) is 24.5 Å². The second-order valence-electron chi connectivity index (χ2n) is 7.01. The summed E-state index contributed by atoms with van der Waals surface area (Å²) in [5.74, 6) is 0. The Morgan fingerprint density at radius 2 is 1.97 bits per heavy atom. The number of halogens is 2. The molecular weight excluding hydrogens is 427 g/mol. The molecule has 0 radical (unpaired) electrons. The largest absolute Gasteiger partial charge is 0.342 e. The van der Waals surface area contributed by atoms with Crippen molar-refractivity contribution >= 4 is 29.2 Å². The lowest BCUT2D eigenvalue weighted by Gasteiger charge is -2.35. The number of nitriles is 1. The molecular formula is C20H22Cl2N6O2. The van der Waals surface area contributed by atoms with Gasteiger partial charge < -0.3 is 10.2 Å². The van der Waals surface area contributed by atoms with Crippen LogP contribution in [0.4, 0.5) is 4.79 Å². The predicted octanol–water partition coefficient (Wildman–Crippen LogP) is 3.68. The van der Waals surface area contributed by atoms with Crippen LogP contribution in [0.3, 0.4) is 0 Å². The van der Waals surface area contributed by atoms with Gasteiger partial charge in [-0.1, -0.05) is 35.3 Å². The Balaban J connectivity index is 1.79. The lowest BCUT2D eigenvalue weighted by Crippen LogP contribution is -2.50. The van der Waals surface area contributed by atoms with Crippen LogP contribution in [0, 0.1) is 11.3 Å². The summed E-state index contributed by atoms with van der Waals surface area (Å²) >= 11 is 12.9. The highest BCUT2D eigenvalue weighted by Gasteiger charge is 2.30. The molecule has 1 unspecified atom stereocenters. The van der Waals surface area contributed by atoms with Gasteiger partial charge in [-0.15, -0.1) is 0 Å². The number of nitrogens with one attached hydrogen (secondary N) is 1. The van der Waals surface area contributed by atoms with Gasteiger partial charge in [-0.25, -0.2) is 19.8 Å². The number of likely N-dealkylation sites (tertiary alicyclic amines) is 1. The summed E-state index contributed by atoms with van der Waals surface area (Å²) in [6.07, 6.45) is 6.23. The van der Waals surface area contributed by atoms with Gasteiger partial charge in [-0.3, -0.25) is 4.84 Å². The molecule has 1 saturated heterocycles. The fourth-order valence-electron chi connectivity index (χ4n) is 3.44. The predicted molar refractivity (Wildman–Crippen MR) is 114 cm³/mol. The Hall–Kier alpha value is -2.44. The third-order valence-electron chi connectivity index (χ3n) is 5.11. The molecule has 8 nitrogen and oxygen atoms in total. The van der Waals surface area contributed by atoms with Crippen LogP contribution < -0.4 is 5.32 Å². The van der Waals surface area contributed by atoms with Crippen LogP contribution in [0.5, 0.6) is 0 Å². The number of piperidine rings is 1. The summed E-state index contributed by atoms with van der Waals surface area (Å²) in [7, 11) is 3.48. The van der Waals surface area contributed by atoms with Crippen molar-refractivity contribution in [3.8, 4) is 17.2 Å². The molecule has 158 valence electrons. The third kappa shape index (κ3) is 4.82. The number of rotatable bonds is 5. The minimum Gasteiger partial charge on any atom is -0.316 e. The zero-order valence-electron chi connectivity index (χ0n) is 16.7. The lowest BCUT2D eigenvalue weighted by molar-refractivity contribution is -0.127. The van der Waals surface area contributed by atoms with Crippen LogP contribution in [0.2, 0.25) is 10.0 Å². The summed E-state index contributed by atoms with van der Waals surface area (Å²) in [6.45, 7) is 1.73. The minimum absolute atomic E-state index is 0.0648. The van der Waals surface area contributed by atoms with Crippen LogP contribution in [0.15, 0.2) is 30.9 Å². The molecule has 1 fully saturated rings. The van der Waals surface area contributed by atoms with Crippen LogP contribution in [-0.4, -0.2) is 59.3 Å². The van der Waals surface area contributed by atoms with Crippen molar-refractivity contribution in [1.29, 1.82) is 5.26 Å². The lowest BCUT2D eigenvalue weighted by atomic mass is 10.0. The third-order valence-corrected chi connectivity index (χ3v) is 6.00. The molecule has 2 heterocycles. The molecule has 0 aliphatic carbocycles. The summed E-state index contributed by atoms with van der Waals surface area (Å²) in [6, 6.07) is 3.91. The van der Waals surface area contributed by atoms with Gasteiger partial charge in [0.15, 0.2) is 0 Å². The van der Waals surface area contributed by atoms with E-state index in [-0.39, 0.29) is 16.1 Å². The summed E-state index contributed by atoms with van der Waals surface area (Å²) in [5, 5.41) is 14.1. The highest BCUT2D eigenvalue weighted by atomic mass is 35.5. The first-order valence-electron chi connectivity index (χ1n) is 9.41. The van der Waals surface area contributed by atoms with Gasteiger partial charge >= 0.3 is 6.03 Å². The fourth-order valence-corrected chi connectivity index (χ4v) is 4.00. The molecule has 1 aliphatic heterocycles. The number of nitrogens with zero attached hydrogens (tertiary/aromatic N) is 5. The van der Waals surface area contributed by atoms with E-state index < -0.39 is 12.1 Å². The second kappa shape index (κ2) is 10.0. The number of hydroxylamine groups is 2. The summed E-state index contributed by atoms with van der Waals surface area (Å²) in [5.41, 5.74) is 1.73. The average Bonchev–Trinajstić information content (AvgIpc) is 2.76. The van der Waals surface area contributed by atoms with Gasteiger partial charge in [0.05, 0.1) is 29.3 Å². The quantitative estimate of drug-likeness (QED) is 0.700. The van der Waals surface area contributed by atoms with E-state index in [1.165, 1.54) is 18.5 Å². The number of aromatic nitrogens is 2. The van der Waals surface area contributed by atoms with Crippen molar-refractivity contribution in [3.05, 3.63) is 46.5 Å². The monoisotopic (exact) mass is 448 g/mol. The molecule has 1 aromatic carbocycles. The first-order chi connectivity index (χ1) is 14.5. The number of urea groups is 1. The van der Waals surface area contributed by atoms with Crippen molar-refractivity contribution in [1.82, 2.24) is 25.2 Å². The number of hydrogen-bond donors (Lipinski definition) is 1. The van der Waals surface area contributed by atoms with Crippen LogP contribution in [0.25, 0.3) is 11.1 Å². The van der Waals surface area contributed by atoms with E-state index in [0.717, 1.165) is 25.9 Å². The number of carbonyl (C=O) groups is 1. The topological polar surface area (TPSA) is 94.4 Å². The molecule has 1 aromatic heterocycles. The van der Waals surface area contributed by atoms with Crippen molar-refractivity contribution in [2.24, 2.45) is 0 Å². The smallest absolute Gasteiger partial charge is 0.316 e. The fraction of sp³-hybridized carbons (Fsp3) is 0.400. The molecule has 0 spiro atoms. The Morgan fingerprint density at radius 1 is 1.30 bits per heavy atom. The van der Waals surface area contributed by atoms with Crippen LogP contribution >= 0.6 is 23.2 Å². The highest BCUT2D eigenvalue weighted by Crippen LogP contribution is 2.37. The molecule has 1 N–H and O–H groups in total. The maximum atomic E-state index is 12.8. The molecule has 0 saturated carbocycles. The first-order valence-corrected chi connectivity index (χ1v) is 10.2. The van der Waals surface area contributed by atoms with Crippen molar-refractivity contribution in [2.75, 3.05) is 27.2 Å². The number of benzene rings is 1. The minimum atomic E-state index is -0.993. The number of amides is 2. The van der Waals surface area contributed by atoms with E-state index in [4.69, 9.17) is 28.0 Å². The molecule has 0 bridgehead atoms. The van der Waals surface area contributed by atoms with Gasteiger partial charge in [0.25, 0.3) is 0 Å². The van der Waals surface area contributed by atoms with Crippen LogP contribution in [-0.2, 0) is 4.84 Å². The van der Waals surface area contributed by atoms with Gasteiger partial charge in [-0.05, 0) is 33.0 Å². The van der Waals surface area contributed by atoms with E-state index >= 15 is 0 Å². The zero-order chi connectivity index (χ0) is 21.7. The SMILES string of the molecule is CON(C(=O)NC(C#N)c1ccc(-c2cncnc2)c(Cl)c1Cl)C1CCN(C)CC1. The molecule has 2 aromatic rings. The Bertz CT molecular complexity index is 929. The van der Waals surface area contributed by atoms with Gasteiger partial charge in [0.1, 0.15) is 12.4 Å². The highest BCUT2D eigenvalue weighted by molar-refractivity contribution is 6.44. The molecule has 1 atom stereocenters. The second-order valence-corrected chi connectivity index (χ2v) is 7.77. The molecule has 2 amide bonds. The average molecular weight is 449 g/mol. The number of hydrogen-bond acceptors (Lipinski definition) is 6. The molecule has 1 aliphatic rings. The summed E-state index contributed by atoms with van der Waals surface area (Å²) in [4.78, 5) is 28.3.